The summed E-state index contributed by atoms with van der Waals surface area (Å²) in [4.78, 5) is 17.8. The van der Waals surface area contributed by atoms with Crippen LogP contribution in [0.1, 0.15) is 66.1 Å². The Hall–Kier alpha value is -2.37. The van der Waals surface area contributed by atoms with Gasteiger partial charge >= 0.3 is 0 Å². The monoisotopic (exact) mass is 449 g/mol. The van der Waals surface area contributed by atoms with Crippen LogP contribution in [-0.4, -0.2) is 61.6 Å². The number of likely N-dealkylation sites (tertiary alicyclic amines) is 1. The minimum Gasteiger partial charge on any atom is -0.493 e. The van der Waals surface area contributed by atoms with Crippen LogP contribution in [0.5, 0.6) is 5.75 Å². The molecule has 1 saturated heterocycles. The summed E-state index contributed by atoms with van der Waals surface area (Å²) in [6.07, 6.45) is 6.55. The summed E-state index contributed by atoms with van der Waals surface area (Å²) >= 11 is 0. The van der Waals surface area contributed by atoms with Crippen molar-refractivity contribution in [3.63, 3.8) is 0 Å². The van der Waals surface area contributed by atoms with Crippen molar-refractivity contribution in [2.45, 2.75) is 58.0 Å². The van der Waals surface area contributed by atoms with Gasteiger partial charge in [0.2, 0.25) is 0 Å². The Labute approximate surface area is 199 Å². The Morgan fingerprint density at radius 2 is 1.94 bits per heavy atom. The number of nitrogens with zero attached hydrogens (tertiary/aromatic N) is 2. The number of amides is 1. The molecule has 0 saturated carbocycles. The van der Waals surface area contributed by atoms with E-state index in [-0.39, 0.29) is 5.91 Å². The Morgan fingerprint density at radius 1 is 1.06 bits per heavy atom. The highest BCUT2D eigenvalue weighted by atomic mass is 16.5. The topological polar surface area (TPSA) is 44.8 Å². The van der Waals surface area contributed by atoms with Crippen molar-refractivity contribution in [3.05, 3.63) is 64.7 Å². The van der Waals surface area contributed by atoms with E-state index in [1.165, 1.54) is 24.0 Å². The number of ether oxygens (including phenoxy) is 1. The highest BCUT2D eigenvalue weighted by Crippen LogP contribution is 2.25. The molecule has 5 nitrogen and oxygen atoms in total. The van der Waals surface area contributed by atoms with E-state index in [0.717, 1.165) is 81.9 Å². The van der Waals surface area contributed by atoms with Crippen LogP contribution < -0.4 is 10.1 Å². The normalized spacial score (nSPS) is 20.5. The Bertz CT molecular complexity index is 929. The fourth-order valence-electron chi connectivity index (χ4n) is 5.15. The summed E-state index contributed by atoms with van der Waals surface area (Å²) in [5.41, 5.74) is 4.39. The number of rotatable bonds is 4. The van der Waals surface area contributed by atoms with Gasteiger partial charge in [0.05, 0.1) is 6.61 Å². The van der Waals surface area contributed by atoms with Gasteiger partial charge in [-0.1, -0.05) is 31.2 Å². The van der Waals surface area contributed by atoms with Crippen LogP contribution in [0.15, 0.2) is 42.5 Å². The number of hydrogen-bond acceptors (Lipinski definition) is 4. The molecule has 1 amide bonds. The molecule has 2 aromatic rings. The second kappa shape index (κ2) is 11.7. The van der Waals surface area contributed by atoms with Gasteiger partial charge in [0.1, 0.15) is 5.75 Å². The molecular weight excluding hydrogens is 410 g/mol. The van der Waals surface area contributed by atoms with Crippen LogP contribution in [0, 0.1) is 0 Å². The first-order valence-electron chi connectivity index (χ1n) is 12.7. The molecule has 0 radical (unpaired) electrons. The van der Waals surface area contributed by atoms with Gasteiger partial charge in [0.25, 0.3) is 5.91 Å². The molecule has 2 heterocycles. The van der Waals surface area contributed by atoms with Gasteiger partial charge < -0.3 is 15.0 Å². The van der Waals surface area contributed by atoms with Crippen LogP contribution in [0.3, 0.4) is 0 Å². The van der Waals surface area contributed by atoms with Crippen molar-refractivity contribution in [2.75, 3.05) is 39.8 Å². The Morgan fingerprint density at radius 3 is 2.82 bits per heavy atom. The van der Waals surface area contributed by atoms with Crippen molar-refractivity contribution in [1.29, 1.82) is 0 Å². The first-order valence-corrected chi connectivity index (χ1v) is 12.7. The van der Waals surface area contributed by atoms with Gasteiger partial charge in [0.15, 0.2) is 0 Å². The molecule has 1 atom stereocenters. The third-order valence-corrected chi connectivity index (χ3v) is 7.01. The minimum absolute atomic E-state index is 0.00975. The van der Waals surface area contributed by atoms with Crippen molar-refractivity contribution in [2.24, 2.45) is 0 Å². The molecule has 33 heavy (non-hydrogen) atoms. The smallest absolute Gasteiger partial charge is 0.251 e. The SMILES string of the molecule is CCN1CCCC1CNC(=O)c1ccc2c(c1)Cc1cccc(c1)CN(C)CCCCCO2. The number of fused-ring (bicyclic) bond motifs is 3. The average Bonchev–Trinajstić information content (AvgIpc) is 3.28. The predicted octanol–water partition coefficient (Wildman–Crippen LogP) is 4.49. The van der Waals surface area contributed by atoms with E-state index in [0.29, 0.717) is 6.04 Å². The van der Waals surface area contributed by atoms with E-state index in [1.54, 1.807) is 0 Å². The molecule has 1 N–H and O–H groups in total. The Kier molecular flexibility index (Phi) is 8.40. The van der Waals surface area contributed by atoms with E-state index in [4.69, 9.17) is 4.74 Å². The maximum atomic E-state index is 13.0. The molecule has 178 valence electrons. The van der Waals surface area contributed by atoms with Crippen molar-refractivity contribution in [3.8, 4) is 5.75 Å². The van der Waals surface area contributed by atoms with E-state index in [2.05, 4.69) is 53.4 Å². The second-order valence-corrected chi connectivity index (χ2v) is 9.60. The fraction of sp³-hybridized carbons (Fsp3) is 0.536. The molecule has 0 aromatic heterocycles. The zero-order chi connectivity index (χ0) is 23.0. The van der Waals surface area contributed by atoms with Crippen LogP contribution in [0.2, 0.25) is 0 Å². The number of hydrogen-bond donors (Lipinski definition) is 1. The lowest BCUT2D eigenvalue weighted by Crippen LogP contribution is -2.40. The van der Waals surface area contributed by atoms with E-state index < -0.39 is 0 Å². The standard InChI is InChI=1S/C28H39N3O2/c1-3-31-15-8-11-26(31)20-29-28(32)24-12-13-27-25(19-24)18-22-9-7-10-23(17-22)21-30(2)14-5-4-6-16-33-27/h7,9-10,12-13,17,19,26H,3-6,8,11,14-16,18,20-21H2,1-2H3,(H,29,32). The molecule has 1 unspecified atom stereocenters. The number of likely N-dealkylation sites (N-methyl/N-ethyl adjacent to an activating group) is 1. The summed E-state index contributed by atoms with van der Waals surface area (Å²) in [6, 6.07) is 15.2. The number of nitrogens with one attached hydrogen (secondary N) is 1. The van der Waals surface area contributed by atoms with E-state index in [1.807, 2.05) is 18.2 Å². The van der Waals surface area contributed by atoms with Crippen molar-refractivity contribution < 1.29 is 9.53 Å². The third kappa shape index (κ3) is 6.58. The third-order valence-electron chi connectivity index (χ3n) is 7.01. The van der Waals surface area contributed by atoms with Crippen LogP contribution in [0.4, 0.5) is 0 Å². The maximum Gasteiger partial charge on any atom is 0.251 e. The van der Waals surface area contributed by atoms with Gasteiger partial charge in [-0.2, -0.15) is 0 Å². The van der Waals surface area contributed by atoms with Gasteiger partial charge in [0, 0.05) is 31.1 Å². The van der Waals surface area contributed by atoms with Crippen molar-refractivity contribution in [1.82, 2.24) is 15.1 Å². The summed E-state index contributed by atoms with van der Waals surface area (Å²) in [6.45, 7) is 7.90. The first kappa shape index (κ1) is 23.8. The molecule has 0 aliphatic carbocycles. The highest BCUT2D eigenvalue weighted by molar-refractivity contribution is 5.94. The predicted molar refractivity (Wildman–Crippen MR) is 134 cm³/mol. The molecule has 4 rings (SSSR count). The van der Waals surface area contributed by atoms with Gasteiger partial charge in [-0.25, -0.2) is 0 Å². The summed E-state index contributed by atoms with van der Waals surface area (Å²) < 4.78 is 6.18. The number of carbonyl (C=O) groups is 1. The van der Waals surface area contributed by atoms with E-state index in [9.17, 15) is 4.79 Å². The minimum atomic E-state index is 0.00975. The summed E-state index contributed by atoms with van der Waals surface area (Å²) in [7, 11) is 2.19. The molecule has 2 aliphatic heterocycles. The van der Waals surface area contributed by atoms with Gasteiger partial charge in [-0.3, -0.25) is 9.69 Å². The lowest BCUT2D eigenvalue weighted by molar-refractivity contribution is 0.0941. The Balaban J connectivity index is 1.51. The van der Waals surface area contributed by atoms with Gasteiger partial charge in [-0.15, -0.1) is 0 Å². The quantitative estimate of drug-likeness (QED) is 0.747. The van der Waals surface area contributed by atoms with Crippen LogP contribution >= 0.6 is 0 Å². The largest absolute Gasteiger partial charge is 0.493 e. The second-order valence-electron chi connectivity index (χ2n) is 9.60. The fourth-order valence-corrected chi connectivity index (χ4v) is 5.15. The maximum absolute atomic E-state index is 13.0. The molecule has 0 spiro atoms. The lowest BCUT2D eigenvalue weighted by atomic mass is 9.99. The first-order chi connectivity index (χ1) is 16.1. The lowest BCUT2D eigenvalue weighted by Gasteiger charge is -2.23. The number of benzene rings is 2. The molecule has 1 fully saturated rings. The zero-order valence-corrected chi connectivity index (χ0v) is 20.3. The number of carbonyl (C=O) groups excluding carboxylic acids is 1. The van der Waals surface area contributed by atoms with Crippen molar-refractivity contribution >= 4 is 5.91 Å². The molecule has 2 aromatic carbocycles. The average molecular weight is 450 g/mol. The van der Waals surface area contributed by atoms with Crippen LogP contribution in [-0.2, 0) is 13.0 Å². The molecule has 2 bridgehead atoms. The zero-order valence-electron chi connectivity index (χ0n) is 20.3. The van der Waals surface area contributed by atoms with Gasteiger partial charge in [-0.05, 0) is 93.7 Å². The van der Waals surface area contributed by atoms with E-state index >= 15 is 0 Å². The molecule has 5 heteroatoms. The summed E-state index contributed by atoms with van der Waals surface area (Å²) in [5.74, 6) is 0.912. The molecular formula is C28H39N3O2. The van der Waals surface area contributed by atoms with Crippen LogP contribution in [0.25, 0.3) is 0 Å². The molecule has 2 aliphatic rings. The highest BCUT2D eigenvalue weighted by Gasteiger charge is 2.23. The summed E-state index contributed by atoms with van der Waals surface area (Å²) in [5, 5.41) is 3.18.